The van der Waals surface area contributed by atoms with E-state index < -0.39 is 5.82 Å². The van der Waals surface area contributed by atoms with Gasteiger partial charge in [-0.15, -0.1) is 0 Å². The number of rotatable bonds is 5. The summed E-state index contributed by atoms with van der Waals surface area (Å²) in [6, 6.07) is 4.20. The van der Waals surface area contributed by atoms with Crippen LogP contribution in [0.15, 0.2) is 18.2 Å². The number of hydrogen-bond donors (Lipinski definition) is 1. The number of benzene rings is 1. The first-order valence-corrected chi connectivity index (χ1v) is 10.7. The van der Waals surface area contributed by atoms with E-state index in [2.05, 4.69) is 15.1 Å². The SMILES string of the molecule is O=C(CCN1CCC(C(=O)N2CCCCCC2)CC1)Nc1ccc(Cl)cc1F. The Kier molecular flexibility index (Phi) is 7.68. The van der Waals surface area contributed by atoms with Crippen LogP contribution in [-0.4, -0.2) is 54.3 Å². The number of halogens is 2. The summed E-state index contributed by atoms with van der Waals surface area (Å²) in [6.45, 7) is 4.08. The van der Waals surface area contributed by atoms with E-state index in [4.69, 9.17) is 11.6 Å². The zero-order valence-corrected chi connectivity index (χ0v) is 17.0. The molecule has 154 valence electrons. The molecule has 1 aromatic rings. The second-order valence-electron chi connectivity index (χ2n) is 7.78. The lowest BCUT2D eigenvalue weighted by Crippen LogP contribution is -2.43. The Labute approximate surface area is 171 Å². The van der Waals surface area contributed by atoms with Crippen molar-refractivity contribution in [3.05, 3.63) is 29.0 Å². The van der Waals surface area contributed by atoms with Crippen LogP contribution in [0.2, 0.25) is 5.02 Å². The molecule has 0 spiro atoms. The van der Waals surface area contributed by atoms with Gasteiger partial charge in [-0.05, 0) is 57.0 Å². The average molecular weight is 410 g/mol. The van der Waals surface area contributed by atoms with E-state index in [0.29, 0.717) is 23.9 Å². The molecule has 0 radical (unpaired) electrons. The van der Waals surface area contributed by atoms with Crippen LogP contribution < -0.4 is 5.32 Å². The smallest absolute Gasteiger partial charge is 0.225 e. The molecule has 0 bridgehead atoms. The molecule has 3 rings (SSSR count). The van der Waals surface area contributed by atoms with Gasteiger partial charge in [0.2, 0.25) is 11.8 Å². The summed E-state index contributed by atoms with van der Waals surface area (Å²) >= 11 is 5.72. The average Bonchev–Trinajstić information content (AvgIpc) is 2.98. The number of carbonyl (C=O) groups is 2. The summed E-state index contributed by atoms with van der Waals surface area (Å²) in [5, 5.41) is 2.89. The summed E-state index contributed by atoms with van der Waals surface area (Å²) in [4.78, 5) is 29.1. The summed E-state index contributed by atoms with van der Waals surface area (Å²) in [7, 11) is 0. The number of carbonyl (C=O) groups excluding carboxylic acids is 2. The van der Waals surface area contributed by atoms with Crippen LogP contribution in [0.3, 0.4) is 0 Å². The maximum absolute atomic E-state index is 13.8. The van der Waals surface area contributed by atoms with E-state index in [-0.39, 0.29) is 17.5 Å². The Bertz CT molecular complexity index is 684. The minimum absolute atomic E-state index is 0.117. The molecular formula is C21H29ClFN3O2. The number of anilines is 1. The van der Waals surface area contributed by atoms with Crippen LogP contribution >= 0.6 is 11.6 Å². The maximum Gasteiger partial charge on any atom is 0.225 e. The van der Waals surface area contributed by atoms with Gasteiger partial charge >= 0.3 is 0 Å². The highest BCUT2D eigenvalue weighted by Gasteiger charge is 2.28. The van der Waals surface area contributed by atoms with Gasteiger partial charge < -0.3 is 15.1 Å². The molecule has 2 heterocycles. The molecule has 0 aliphatic carbocycles. The first-order chi connectivity index (χ1) is 13.5. The third-order valence-electron chi connectivity index (χ3n) is 5.71. The molecule has 2 aliphatic rings. The third kappa shape index (κ3) is 5.92. The predicted octanol–water partition coefficient (Wildman–Crippen LogP) is 3.92. The van der Waals surface area contributed by atoms with Crippen molar-refractivity contribution in [2.24, 2.45) is 5.92 Å². The van der Waals surface area contributed by atoms with Gasteiger partial charge in [0.25, 0.3) is 0 Å². The molecular weight excluding hydrogens is 381 g/mol. The molecule has 1 aromatic carbocycles. The Morgan fingerprint density at radius 2 is 1.75 bits per heavy atom. The monoisotopic (exact) mass is 409 g/mol. The van der Waals surface area contributed by atoms with E-state index in [0.717, 1.165) is 51.9 Å². The largest absolute Gasteiger partial charge is 0.342 e. The van der Waals surface area contributed by atoms with Crippen molar-refractivity contribution in [1.29, 1.82) is 0 Å². The van der Waals surface area contributed by atoms with Crippen LogP contribution in [0.1, 0.15) is 44.9 Å². The van der Waals surface area contributed by atoms with Gasteiger partial charge in [0, 0.05) is 37.0 Å². The Morgan fingerprint density at radius 3 is 2.39 bits per heavy atom. The highest BCUT2D eigenvalue weighted by molar-refractivity contribution is 6.30. The van der Waals surface area contributed by atoms with Crippen molar-refractivity contribution >= 4 is 29.1 Å². The maximum atomic E-state index is 13.8. The highest BCUT2D eigenvalue weighted by atomic mass is 35.5. The molecule has 0 saturated carbocycles. The minimum atomic E-state index is -0.534. The van der Waals surface area contributed by atoms with Crippen molar-refractivity contribution < 1.29 is 14.0 Å². The molecule has 5 nitrogen and oxygen atoms in total. The van der Waals surface area contributed by atoms with Crippen molar-refractivity contribution in [2.75, 3.05) is 38.0 Å². The van der Waals surface area contributed by atoms with Crippen molar-refractivity contribution in [3.8, 4) is 0 Å². The summed E-state index contributed by atoms with van der Waals surface area (Å²) in [5.74, 6) is -0.318. The van der Waals surface area contributed by atoms with Crippen LogP contribution in [0, 0.1) is 11.7 Å². The van der Waals surface area contributed by atoms with Crippen molar-refractivity contribution in [3.63, 3.8) is 0 Å². The molecule has 0 atom stereocenters. The molecule has 2 amide bonds. The second-order valence-corrected chi connectivity index (χ2v) is 8.21. The molecule has 2 aliphatic heterocycles. The lowest BCUT2D eigenvalue weighted by Gasteiger charge is -2.33. The molecule has 0 aromatic heterocycles. The van der Waals surface area contributed by atoms with Gasteiger partial charge in [-0.2, -0.15) is 0 Å². The summed E-state index contributed by atoms with van der Waals surface area (Å²) in [6.07, 6.45) is 6.69. The molecule has 2 saturated heterocycles. The zero-order chi connectivity index (χ0) is 19.9. The Balaban J connectivity index is 1.39. The Hall–Kier alpha value is -1.66. The van der Waals surface area contributed by atoms with Gasteiger partial charge in [-0.25, -0.2) is 4.39 Å². The minimum Gasteiger partial charge on any atom is -0.342 e. The second kappa shape index (κ2) is 10.2. The topological polar surface area (TPSA) is 52.7 Å². The van der Waals surface area contributed by atoms with E-state index in [1.54, 1.807) is 6.07 Å². The van der Waals surface area contributed by atoms with Crippen LogP contribution in [0.5, 0.6) is 0 Å². The van der Waals surface area contributed by atoms with Crippen molar-refractivity contribution in [1.82, 2.24) is 9.80 Å². The number of piperidine rings is 1. The van der Waals surface area contributed by atoms with Gasteiger partial charge in [-0.3, -0.25) is 9.59 Å². The fourth-order valence-corrected chi connectivity index (χ4v) is 4.17. The number of nitrogens with zero attached hydrogens (tertiary/aromatic N) is 2. The lowest BCUT2D eigenvalue weighted by molar-refractivity contribution is -0.137. The van der Waals surface area contributed by atoms with Gasteiger partial charge in [0.1, 0.15) is 5.82 Å². The number of hydrogen-bond acceptors (Lipinski definition) is 3. The van der Waals surface area contributed by atoms with Crippen LogP contribution in [-0.2, 0) is 9.59 Å². The Morgan fingerprint density at radius 1 is 1.07 bits per heavy atom. The highest BCUT2D eigenvalue weighted by Crippen LogP contribution is 2.22. The zero-order valence-electron chi connectivity index (χ0n) is 16.3. The lowest BCUT2D eigenvalue weighted by atomic mass is 9.95. The van der Waals surface area contributed by atoms with E-state index in [1.807, 2.05) is 0 Å². The van der Waals surface area contributed by atoms with E-state index >= 15 is 0 Å². The number of likely N-dealkylation sites (tertiary alicyclic amines) is 2. The quantitative estimate of drug-likeness (QED) is 0.801. The first kappa shape index (κ1) is 21.1. The molecule has 2 fully saturated rings. The fourth-order valence-electron chi connectivity index (χ4n) is 4.02. The molecule has 28 heavy (non-hydrogen) atoms. The van der Waals surface area contributed by atoms with E-state index in [9.17, 15) is 14.0 Å². The molecule has 0 unspecified atom stereocenters. The first-order valence-electron chi connectivity index (χ1n) is 10.3. The fraction of sp³-hybridized carbons (Fsp3) is 0.619. The number of amides is 2. The third-order valence-corrected chi connectivity index (χ3v) is 5.95. The summed E-state index contributed by atoms with van der Waals surface area (Å²) < 4.78 is 13.8. The van der Waals surface area contributed by atoms with E-state index in [1.165, 1.54) is 25.0 Å². The van der Waals surface area contributed by atoms with Gasteiger partial charge in [0.15, 0.2) is 0 Å². The normalized spacial score (nSPS) is 19.3. The van der Waals surface area contributed by atoms with Crippen molar-refractivity contribution in [2.45, 2.75) is 44.9 Å². The van der Waals surface area contributed by atoms with Crippen LogP contribution in [0.4, 0.5) is 10.1 Å². The summed E-state index contributed by atoms with van der Waals surface area (Å²) in [5.41, 5.74) is 0.149. The molecule has 1 N–H and O–H groups in total. The molecule has 7 heteroatoms. The van der Waals surface area contributed by atoms with Gasteiger partial charge in [0.05, 0.1) is 5.69 Å². The predicted molar refractivity (Wildman–Crippen MR) is 109 cm³/mol. The van der Waals surface area contributed by atoms with Crippen LogP contribution in [0.25, 0.3) is 0 Å². The van der Waals surface area contributed by atoms with Gasteiger partial charge in [-0.1, -0.05) is 24.4 Å². The number of nitrogens with one attached hydrogen (secondary N) is 1. The standard InChI is InChI=1S/C21H29ClFN3O2/c22-17-5-6-19(18(23)15-17)24-20(27)9-14-25-12-7-16(8-13-25)21(28)26-10-3-1-2-4-11-26/h5-6,15-16H,1-4,7-14H2,(H,24,27).